The molecule has 0 aliphatic heterocycles. The Hall–Kier alpha value is -1.20. The first-order valence-electron chi connectivity index (χ1n) is 5.39. The molecule has 1 aromatic heterocycles. The van der Waals surface area contributed by atoms with Gasteiger partial charge in [-0.2, -0.15) is 0 Å². The van der Waals surface area contributed by atoms with Gasteiger partial charge in [0.15, 0.2) is 0 Å². The number of nitrogens with zero attached hydrogens (tertiary/aromatic N) is 2. The summed E-state index contributed by atoms with van der Waals surface area (Å²) in [5, 5.41) is 3.26. The van der Waals surface area contributed by atoms with Gasteiger partial charge in [0.1, 0.15) is 0 Å². The first kappa shape index (κ1) is 12.9. The molecule has 0 fully saturated rings. The monoisotopic (exact) mass is 225 g/mol. The molecule has 0 aromatic carbocycles. The summed E-state index contributed by atoms with van der Waals surface area (Å²) < 4.78 is 6.60. The van der Waals surface area contributed by atoms with Crippen molar-refractivity contribution in [1.29, 1.82) is 0 Å². The van der Waals surface area contributed by atoms with E-state index in [-0.39, 0.29) is 5.56 Å². The van der Waals surface area contributed by atoms with Gasteiger partial charge in [0.05, 0.1) is 12.9 Å². The van der Waals surface area contributed by atoms with Crippen molar-refractivity contribution in [2.24, 2.45) is 0 Å². The van der Waals surface area contributed by atoms with Crippen molar-refractivity contribution in [2.75, 3.05) is 20.3 Å². The van der Waals surface area contributed by atoms with Crippen molar-refractivity contribution in [2.45, 2.75) is 26.4 Å². The topological polar surface area (TPSA) is 56.1 Å². The van der Waals surface area contributed by atoms with Crippen LogP contribution in [0.3, 0.4) is 0 Å². The number of nitrogens with one attached hydrogen (secondary N) is 1. The number of methoxy groups -OCH3 is 1. The quantitative estimate of drug-likeness (QED) is 0.750. The predicted octanol–water partition coefficient (Wildman–Crippen LogP) is 0.176. The van der Waals surface area contributed by atoms with Crippen molar-refractivity contribution >= 4 is 0 Å². The summed E-state index contributed by atoms with van der Waals surface area (Å²) in [6.45, 7) is 5.88. The second-order valence-corrected chi connectivity index (χ2v) is 3.87. The molecule has 0 spiro atoms. The van der Waals surface area contributed by atoms with Crippen LogP contribution in [0.1, 0.15) is 12.6 Å². The Bertz CT molecular complexity index is 376. The number of hydrogen-bond acceptors (Lipinski definition) is 4. The molecule has 1 aromatic rings. The zero-order valence-corrected chi connectivity index (χ0v) is 10.1. The molecule has 0 saturated carbocycles. The summed E-state index contributed by atoms with van der Waals surface area (Å²) in [6, 6.07) is 1.83. The van der Waals surface area contributed by atoms with Gasteiger partial charge in [-0.15, -0.1) is 0 Å². The SMILES string of the molecule is COCC(C)NCCn1cnc(C)cc1=O. The van der Waals surface area contributed by atoms with E-state index in [4.69, 9.17) is 4.74 Å². The van der Waals surface area contributed by atoms with Crippen LogP contribution in [-0.2, 0) is 11.3 Å². The normalized spacial score (nSPS) is 12.7. The molecule has 16 heavy (non-hydrogen) atoms. The van der Waals surface area contributed by atoms with Crippen LogP contribution < -0.4 is 10.9 Å². The molecule has 1 heterocycles. The van der Waals surface area contributed by atoms with E-state index in [1.807, 2.05) is 13.8 Å². The van der Waals surface area contributed by atoms with Crippen LogP contribution in [0.15, 0.2) is 17.2 Å². The molecule has 5 heteroatoms. The molecule has 1 rings (SSSR count). The van der Waals surface area contributed by atoms with E-state index in [1.165, 1.54) is 0 Å². The van der Waals surface area contributed by atoms with E-state index >= 15 is 0 Å². The molecule has 0 radical (unpaired) electrons. The van der Waals surface area contributed by atoms with Gasteiger partial charge in [-0.05, 0) is 13.8 Å². The lowest BCUT2D eigenvalue weighted by Gasteiger charge is -2.13. The van der Waals surface area contributed by atoms with Crippen LogP contribution >= 0.6 is 0 Å². The Balaban J connectivity index is 2.40. The average molecular weight is 225 g/mol. The Morgan fingerprint density at radius 1 is 1.62 bits per heavy atom. The summed E-state index contributed by atoms with van der Waals surface area (Å²) in [4.78, 5) is 15.6. The van der Waals surface area contributed by atoms with Crippen molar-refractivity contribution < 1.29 is 4.74 Å². The van der Waals surface area contributed by atoms with Crippen LogP contribution in [0.2, 0.25) is 0 Å². The van der Waals surface area contributed by atoms with Gasteiger partial charge in [0, 0.05) is 38.0 Å². The maximum absolute atomic E-state index is 11.5. The molecular formula is C11H19N3O2. The first-order chi connectivity index (χ1) is 7.63. The smallest absolute Gasteiger partial charge is 0.253 e. The molecule has 0 bridgehead atoms. The van der Waals surface area contributed by atoms with Crippen LogP contribution in [0, 0.1) is 6.92 Å². The summed E-state index contributed by atoms with van der Waals surface area (Å²) in [5.74, 6) is 0. The van der Waals surface area contributed by atoms with E-state index < -0.39 is 0 Å². The molecule has 0 saturated heterocycles. The van der Waals surface area contributed by atoms with E-state index in [0.29, 0.717) is 19.2 Å². The maximum Gasteiger partial charge on any atom is 0.253 e. The Morgan fingerprint density at radius 3 is 3.00 bits per heavy atom. The Kier molecular flexibility index (Phi) is 5.14. The summed E-state index contributed by atoms with van der Waals surface area (Å²) >= 11 is 0. The van der Waals surface area contributed by atoms with Gasteiger partial charge in [-0.3, -0.25) is 9.36 Å². The van der Waals surface area contributed by atoms with Gasteiger partial charge in [-0.25, -0.2) is 4.98 Å². The summed E-state index contributed by atoms with van der Waals surface area (Å²) in [5.41, 5.74) is 0.746. The lowest BCUT2D eigenvalue weighted by atomic mass is 10.3. The summed E-state index contributed by atoms with van der Waals surface area (Å²) in [6.07, 6.45) is 1.58. The molecule has 1 N–H and O–H groups in total. The zero-order chi connectivity index (χ0) is 12.0. The molecule has 0 amide bonds. The third-order valence-corrected chi connectivity index (χ3v) is 2.28. The van der Waals surface area contributed by atoms with Crippen LogP contribution in [0.25, 0.3) is 0 Å². The first-order valence-corrected chi connectivity index (χ1v) is 5.39. The van der Waals surface area contributed by atoms with E-state index in [0.717, 1.165) is 12.2 Å². The molecule has 1 unspecified atom stereocenters. The summed E-state index contributed by atoms with van der Waals surface area (Å²) in [7, 11) is 1.67. The highest BCUT2D eigenvalue weighted by molar-refractivity contribution is 4.95. The predicted molar refractivity (Wildman–Crippen MR) is 62.6 cm³/mol. The van der Waals surface area contributed by atoms with Crippen LogP contribution in [0.5, 0.6) is 0 Å². The number of ether oxygens (including phenoxy) is 1. The number of hydrogen-bond donors (Lipinski definition) is 1. The average Bonchev–Trinajstić information content (AvgIpc) is 2.22. The minimum absolute atomic E-state index is 0.00584. The Labute approximate surface area is 95.5 Å². The zero-order valence-electron chi connectivity index (χ0n) is 10.1. The van der Waals surface area contributed by atoms with Gasteiger partial charge in [-0.1, -0.05) is 0 Å². The number of aryl methyl sites for hydroxylation is 1. The fraction of sp³-hybridized carbons (Fsp3) is 0.636. The minimum atomic E-state index is -0.00584. The van der Waals surface area contributed by atoms with Gasteiger partial charge in [0.2, 0.25) is 0 Å². The highest BCUT2D eigenvalue weighted by Crippen LogP contribution is 1.86. The maximum atomic E-state index is 11.5. The molecule has 5 nitrogen and oxygen atoms in total. The van der Waals surface area contributed by atoms with E-state index in [2.05, 4.69) is 10.3 Å². The van der Waals surface area contributed by atoms with Crippen LogP contribution in [-0.4, -0.2) is 35.9 Å². The third kappa shape index (κ3) is 4.12. The lowest BCUT2D eigenvalue weighted by Crippen LogP contribution is -2.34. The molecule has 90 valence electrons. The fourth-order valence-electron chi connectivity index (χ4n) is 1.42. The standard InChI is InChI=1S/C11H19N3O2/c1-9-6-11(15)14(8-13-9)5-4-12-10(2)7-16-3/h6,8,10,12H,4-5,7H2,1-3H3. The van der Waals surface area contributed by atoms with Crippen molar-refractivity contribution in [3.8, 4) is 0 Å². The molecule has 1 atom stereocenters. The second-order valence-electron chi connectivity index (χ2n) is 3.87. The molecule has 0 aliphatic rings. The Morgan fingerprint density at radius 2 is 2.38 bits per heavy atom. The van der Waals surface area contributed by atoms with Gasteiger partial charge < -0.3 is 10.1 Å². The highest BCUT2D eigenvalue weighted by atomic mass is 16.5. The molecule has 0 aliphatic carbocycles. The van der Waals surface area contributed by atoms with E-state index in [9.17, 15) is 4.79 Å². The highest BCUT2D eigenvalue weighted by Gasteiger charge is 2.00. The fourth-order valence-corrected chi connectivity index (χ4v) is 1.42. The van der Waals surface area contributed by atoms with Crippen LogP contribution in [0.4, 0.5) is 0 Å². The lowest BCUT2D eigenvalue weighted by molar-refractivity contribution is 0.172. The number of rotatable bonds is 6. The van der Waals surface area contributed by atoms with Crippen molar-refractivity contribution in [3.05, 3.63) is 28.4 Å². The van der Waals surface area contributed by atoms with Crippen molar-refractivity contribution in [1.82, 2.24) is 14.9 Å². The largest absolute Gasteiger partial charge is 0.383 e. The molecular weight excluding hydrogens is 206 g/mol. The van der Waals surface area contributed by atoms with E-state index in [1.54, 1.807) is 24.1 Å². The number of aromatic nitrogens is 2. The minimum Gasteiger partial charge on any atom is -0.383 e. The van der Waals surface area contributed by atoms with Gasteiger partial charge >= 0.3 is 0 Å². The third-order valence-electron chi connectivity index (χ3n) is 2.28. The second kappa shape index (κ2) is 6.40. The van der Waals surface area contributed by atoms with Crippen molar-refractivity contribution in [3.63, 3.8) is 0 Å². The van der Waals surface area contributed by atoms with Gasteiger partial charge in [0.25, 0.3) is 5.56 Å².